The van der Waals surface area contributed by atoms with Crippen LogP contribution >= 0.6 is 0 Å². The third-order valence-electron chi connectivity index (χ3n) is 13.6. The summed E-state index contributed by atoms with van der Waals surface area (Å²) in [6.45, 7) is 6.63. The van der Waals surface area contributed by atoms with Gasteiger partial charge in [-0.15, -0.1) is 0 Å². The smallest absolute Gasteiger partial charge is 0.306 e. The minimum Gasteiger partial charge on any atom is -0.462 e. The third-order valence-corrected chi connectivity index (χ3v) is 13.6. The lowest BCUT2D eigenvalue weighted by Gasteiger charge is -2.18. The van der Waals surface area contributed by atoms with Gasteiger partial charge in [-0.3, -0.25) is 14.4 Å². The number of esters is 3. The zero-order valence-electron chi connectivity index (χ0n) is 46.8. The van der Waals surface area contributed by atoms with Crippen LogP contribution in [-0.4, -0.2) is 37.2 Å². The van der Waals surface area contributed by atoms with Crippen molar-refractivity contribution in [3.05, 3.63) is 48.6 Å². The van der Waals surface area contributed by atoms with Crippen LogP contribution in [0.25, 0.3) is 0 Å². The molecule has 0 fully saturated rings. The average Bonchev–Trinajstić information content (AvgIpc) is 3.36. The molecule has 0 radical (unpaired) electrons. The molecule has 0 aromatic rings. The van der Waals surface area contributed by atoms with Crippen molar-refractivity contribution in [1.82, 2.24) is 0 Å². The van der Waals surface area contributed by atoms with Gasteiger partial charge in [-0.05, 0) is 83.5 Å². The Kier molecular flexibility index (Phi) is 56.7. The predicted octanol–water partition coefficient (Wildman–Crippen LogP) is 20.6. The van der Waals surface area contributed by atoms with Gasteiger partial charge >= 0.3 is 17.9 Å². The van der Waals surface area contributed by atoms with Gasteiger partial charge < -0.3 is 14.2 Å². The zero-order chi connectivity index (χ0) is 50.7. The van der Waals surface area contributed by atoms with Crippen molar-refractivity contribution in [2.45, 2.75) is 329 Å². The predicted molar refractivity (Wildman–Crippen MR) is 302 cm³/mol. The first-order valence-corrected chi connectivity index (χ1v) is 30.6. The van der Waals surface area contributed by atoms with E-state index in [9.17, 15) is 14.4 Å². The Morgan fingerprint density at radius 1 is 0.286 bits per heavy atom. The minimum absolute atomic E-state index is 0.0722. The van der Waals surface area contributed by atoms with Gasteiger partial charge in [0.15, 0.2) is 6.10 Å². The van der Waals surface area contributed by atoms with Crippen molar-refractivity contribution in [2.75, 3.05) is 13.2 Å². The Bertz CT molecular complexity index is 1220. The molecule has 0 aliphatic heterocycles. The fraction of sp³-hybridized carbons (Fsp3) is 0.828. The van der Waals surface area contributed by atoms with Crippen LogP contribution in [0.2, 0.25) is 0 Å². The molecule has 0 N–H and O–H groups in total. The Hall–Kier alpha value is -2.63. The lowest BCUT2D eigenvalue weighted by atomic mass is 10.0. The van der Waals surface area contributed by atoms with Crippen molar-refractivity contribution in [3.8, 4) is 0 Å². The molecule has 0 aromatic heterocycles. The summed E-state index contributed by atoms with van der Waals surface area (Å²) < 4.78 is 16.9. The molecule has 0 aliphatic carbocycles. The maximum Gasteiger partial charge on any atom is 0.306 e. The topological polar surface area (TPSA) is 78.9 Å². The van der Waals surface area contributed by atoms with Crippen LogP contribution in [0.3, 0.4) is 0 Å². The molecule has 70 heavy (non-hydrogen) atoms. The standard InChI is InChI=1S/C64H116O6/c1-4-7-10-13-16-19-22-24-26-28-30-31-32-33-35-36-38-40-42-45-48-51-54-57-63(66)69-60-61(59-68-62(65)56-53-50-47-44-21-18-15-12-9-6-3)70-64(67)58-55-52-49-46-43-41-39-37-34-29-27-25-23-20-17-14-11-8-5-2/h17,20,22,24-25,27-28,30,61H,4-16,18-19,21,23,26,29,31-60H2,1-3H3/b20-17-,24-22-,27-25-,30-28-. The second kappa shape index (κ2) is 58.9. The number of hydrogen-bond acceptors (Lipinski definition) is 6. The van der Waals surface area contributed by atoms with Gasteiger partial charge in [-0.2, -0.15) is 0 Å². The van der Waals surface area contributed by atoms with E-state index in [-0.39, 0.29) is 31.1 Å². The normalized spacial score (nSPS) is 12.3. The van der Waals surface area contributed by atoms with Crippen molar-refractivity contribution >= 4 is 17.9 Å². The first-order chi connectivity index (χ1) is 34.5. The molecule has 1 unspecified atom stereocenters. The monoisotopic (exact) mass is 981 g/mol. The first kappa shape index (κ1) is 67.4. The maximum atomic E-state index is 12.9. The number of hydrogen-bond donors (Lipinski definition) is 0. The SMILES string of the molecule is CCCCC/C=C\C/C=C\CCCCCCCCCCCC(=O)OC(COC(=O)CCCCCCCCCCCC)COC(=O)CCCCCCCCCCCCC/C=C\C/C=C\CCCCCCC. The second-order valence-corrected chi connectivity index (χ2v) is 20.6. The molecule has 0 aromatic carbocycles. The van der Waals surface area contributed by atoms with Crippen LogP contribution in [-0.2, 0) is 28.6 Å². The van der Waals surface area contributed by atoms with Crippen molar-refractivity contribution < 1.29 is 28.6 Å². The molecule has 1 atom stereocenters. The average molecular weight is 982 g/mol. The van der Waals surface area contributed by atoms with E-state index in [2.05, 4.69) is 69.4 Å². The van der Waals surface area contributed by atoms with Crippen LogP contribution in [0.1, 0.15) is 323 Å². The molecule has 0 rings (SSSR count). The molecular weight excluding hydrogens is 865 g/mol. The lowest BCUT2D eigenvalue weighted by molar-refractivity contribution is -0.167. The van der Waals surface area contributed by atoms with Crippen LogP contribution in [0.4, 0.5) is 0 Å². The molecular formula is C64H116O6. The highest BCUT2D eigenvalue weighted by molar-refractivity contribution is 5.71. The van der Waals surface area contributed by atoms with Gasteiger partial charge in [0.1, 0.15) is 13.2 Å². The fourth-order valence-corrected chi connectivity index (χ4v) is 8.92. The molecule has 0 aliphatic rings. The van der Waals surface area contributed by atoms with E-state index in [1.165, 1.54) is 212 Å². The van der Waals surface area contributed by atoms with Crippen LogP contribution in [0, 0.1) is 0 Å². The van der Waals surface area contributed by atoms with E-state index in [0.29, 0.717) is 19.3 Å². The zero-order valence-corrected chi connectivity index (χ0v) is 46.8. The molecule has 0 heterocycles. The summed E-state index contributed by atoms with van der Waals surface area (Å²) in [7, 11) is 0. The van der Waals surface area contributed by atoms with Crippen LogP contribution < -0.4 is 0 Å². The molecule has 0 amide bonds. The number of carbonyl (C=O) groups excluding carboxylic acids is 3. The van der Waals surface area contributed by atoms with Crippen molar-refractivity contribution in [1.29, 1.82) is 0 Å². The quantitative estimate of drug-likeness (QED) is 0.0261. The number of rotatable bonds is 56. The fourth-order valence-electron chi connectivity index (χ4n) is 8.92. The van der Waals surface area contributed by atoms with E-state index in [1.54, 1.807) is 0 Å². The molecule has 0 spiro atoms. The summed E-state index contributed by atoms with van der Waals surface area (Å²) >= 11 is 0. The van der Waals surface area contributed by atoms with Gasteiger partial charge in [0.2, 0.25) is 0 Å². The van der Waals surface area contributed by atoms with Crippen molar-refractivity contribution in [3.63, 3.8) is 0 Å². The number of allylic oxidation sites excluding steroid dienone is 8. The minimum atomic E-state index is -0.773. The molecule has 0 bridgehead atoms. The number of ether oxygens (including phenoxy) is 3. The van der Waals surface area contributed by atoms with Crippen LogP contribution in [0.15, 0.2) is 48.6 Å². The Morgan fingerprint density at radius 3 is 0.814 bits per heavy atom. The second-order valence-electron chi connectivity index (χ2n) is 20.6. The van der Waals surface area contributed by atoms with E-state index < -0.39 is 6.10 Å². The number of carbonyl (C=O) groups is 3. The van der Waals surface area contributed by atoms with Crippen molar-refractivity contribution in [2.24, 2.45) is 0 Å². The maximum absolute atomic E-state index is 12.9. The molecule has 408 valence electrons. The highest BCUT2D eigenvalue weighted by Crippen LogP contribution is 2.16. The van der Waals surface area contributed by atoms with E-state index >= 15 is 0 Å². The summed E-state index contributed by atoms with van der Waals surface area (Å²) in [5.41, 5.74) is 0. The summed E-state index contributed by atoms with van der Waals surface area (Å²) in [4.78, 5) is 38.2. The lowest BCUT2D eigenvalue weighted by Crippen LogP contribution is -2.30. The number of unbranched alkanes of at least 4 members (excludes halogenated alkanes) is 37. The molecule has 0 saturated carbocycles. The largest absolute Gasteiger partial charge is 0.462 e. The highest BCUT2D eigenvalue weighted by atomic mass is 16.6. The summed E-state index contributed by atoms with van der Waals surface area (Å²) in [6, 6.07) is 0. The Morgan fingerprint density at radius 2 is 0.514 bits per heavy atom. The van der Waals surface area contributed by atoms with Gasteiger partial charge in [0.05, 0.1) is 0 Å². The summed E-state index contributed by atoms with van der Waals surface area (Å²) in [5.74, 6) is -0.864. The molecule has 0 saturated heterocycles. The summed E-state index contributed by atoms with van der Waals surface area (Å²) in [5, 5.41) is 0. The third kappa shape index (κ3) is 56.3. The van der Waals surface area contributed by atoms with Gasteiger partial charge in [0, 0.05) is 19.3 Å². The van der Waals surface area contributed by atoms with Gasteiger partial charge in [-0.1, -0.05) is 268 Å². The van der Waals surface area contributed by atoms with E-state index in [0.717, 1.165) is 70.6 Å². The van der Waals surface area contributed by atoms with Gasteiger partial charge in [0.25, 0.3) is 0 Å². The first-order valence-electron chi connectivity index (χ1n) is 30.6. The molecule has 6 nitrogen and oxygen atoms in total. The van der Waals surface area contributed by atoms with E-state index in [4.69, 9.17) is 14.2 Å². The summed E-state index contributed by atoms with van der Waals surface area (Å²) in [6.07, 6.45) is 72.5. The highest BCUT2D eigenvalue weighted by Gasteiger charge is 2.19. The van der Waals surface area contributed by atoms with Gasteiger partial charge in [-0.25, -0.2) is 0 Å². The van der Waals surface area contributed by atoms with E-state index in [1.807, 2.05) is 0 Å². The Labute approximate surface area is 435 Å². The van der Waals surface area contributed by atoms with Crippen LogP contribution in [0.5, 0.6) is 0 Å². The Balaban J connectivity index is 4.25. The molecule has 6 heteroatoms.